The van der Waals surface area contributed by atoms with E-state index in [0.29, 0.717) is 6.42 Å². The first-order valence-corrected chi connectivity index (χ1v) is 9.92. The number of allylic oxidation sites excluding steroid dienone is 6. The van der Waals surface area contributed by atoms with Gasteiger partial charge in [-0.05, 0) is 65.7 Å². The molecule has 152 valence electrons. The number of rotatable bonds is 9. The van der Waals surface area contributed by atoms with Gasteiger partial charge in [0.05, 0.1) is 6.10 Å². The van der Waals surface area contributed by atoms with Gasteiger partial charge in [-0.15, -0.1) is 0 Å². The van der Waals surface area contributed by atoms with Crippen LogP contribution in [0, 0.1) is 11.8 Å². The quantitative estimate of drug-likeness (QED) is 0.473. The summed E-state index contributed by atoms with van der Waals surface area (Å²) in [6.07, 6.45) is 9.21. The van der Waals surface area contributed by atoms with E-state index in [0.717, 1.165) is 25.7 Å². The molecule has 0 bridgehead atoms. The molecule has 0 heterocycles. The number of ether oxygens (including phenoxy) is 1. The highest BCUT2D eigenvalue weighted by molar-refractivity contribution is 6.40. The van der Waals surface area contributed by atoms with E-state index in [2.05, 4.69) is 39.8 Å². The fourth-order valence-corrected chi connectivity index (χ4v) is 3.47. The van der Waals surface area contributed by atoms with Gasteiger partial charge in [0, 0.05) is 13.0 Å². The van der Waals surface area contributed by atoms with Crippen LogP contribution in [-0.4, -0.2) is 36.0 Å². The van der Waals surface area contributed by atoms with Gasteiger partial charge in [0.1, 0.15) is 6.10 Å². The van der Waals surface area contributed by atoms with Crippen LogP contribution in [-0.2, 0) is 14.3 Å². The highest BCUT2D eigenvalue weighted by Crippen LogP contribution is 2.30. The van der Waals surface area contributed by atoms with Crippen molar-refractivity contribution in [2.75, 3.05) is 7.11 Å². The molecule has 4 atom stereocenters. The summed E-state index contributed by atoms with van der Waals surface area (Å²) < 4.78 is 5.00. The van der Waals surface area contributed by atoms with Gasteiger partial charge in [0.2, 0.25) is 11.6 Å². The van der Waals surface area contributed by atoms with Crippen LogP contribution >= 0.6 is 0 Å². The first-order valence-electron chi connectivity index (χ1n) is 9.92. The van der Waals surface area contributed by atoms with E-state index in [4.69, 9.17) is 4.74 Å². The van der Waals surface area contributed by atoms with Gasteiger partial charge in [0.25, 0.3) is 0 Å². The zero-order chi connectivity index (χ0) is 20.6. The van der Waals surface area contributed by atoms with Gasteiger partial charge >= 0.3 is 0 Å². The molecule has 4 unspecified atom stereocenters. The molecule has 27 heavy (non-hydrogen) atoms. The normalized spacial score (nSPS) is 27.1. The van der Waals surface area contributed by atoms with E-state index in [1.807, 2.05) is 13.0 Å². The fourth-order valence-electron chi connectivity index (χ4n) is 3.47. The Hall–Kier alpha value is -1.52. The molecule has 1 fully saturated rings. The van der Waals surface area contributed by atoms with Crippen LogP contribution in [0.2, 0.25) is 0 Å². The highest BCUT2D eigenvalue weighted by atomic mass is 16.5. The standard InChI is InChI=1S/C23H36O4/c1-15(2)9-7-10-16(3)11-8-12-17(4)13-14-19-18(5)20(24)23(27-6)22(26)21(19)25/h9,11,13,18-20,23-24H,7-8,10,12,14H2,1-6H3. The van der Waals surface area contributed by atoms with E-state index >= 15 is 0 Å². The molecular weight excluding hydrogens is 340 g/mol. The van der Waals surface area contributed by atoms with Crippen molar-refractivity contribution >= 4 is 11.6 Å². The van der Waals surface area contributed by atoms with Gasteiger partial charge in [-0.3, -0.25) is 9.59 Å². The van der Waals surface area contributed by atoms with Gasteiger partial charge in [-0.1, -0.05) is 41.9 Å². The maximum atomic E-state index is 12.3. The van der Waals surface area contributed by atoms with E-state index in [1.54, 1.807) is 0 Å². The molecule has 1 saturated carbocycles. The Bertz CT molecular complexity index is 608. The summed E-state index contributed by atoms with van der Waals surface area (Å²) in [7, 11) is 1.35. The number of aliphatic hydroxyl groups is 1. The Morgan fingerprint density at radius 1 is 0.963 bits per heavy atom. The van der Waals surface area contributed by atoms with Crippen molar-refractivity contribution in [2.45, 2.75) is 78.9 Å². The fraction of sp³-hybridized carbons (Fsp3) is 0.652. The number of ketones is 2. The molecule has 4 nitrogen and oxygen atoms in total. The molecule has 0 amide bonds. The molecule has 0 aliphatic heterocycles. The Balaban J connectivity index is 2.55. The minimum atomic E-state index is -1.02. The van der Waals surface area contributed by atoms with E-state index in [9.17, 15) is 14.7 Å². The highest BCUT2D eigenvalue weighted by Gasteiger charge is 2.46. The minimum Gasteiger partial charge on any atom is -0.390 e. The topological polar surface area (TPSA) is 63.6 Å². The smallest absolute Gasteiger partial charge is 0.229 e. The Kier molecular flexibility index (Phi) is 9.89. The number of Topliss-reactive ketones (excluding diaryl/α,β-unsaturated/α-hetero) is 2. The largest absolute Gasteiger partial charge is 0.390 e. The lowest BCUT2D eigenvalue weighted by molar-refractivity contribution is -0.160. The van der Waals surface area contributed by atoms with Gasteiger partial charge in [-0.2, -0.15) is 0 Å². The molecule has 0 saturated heterocycles. The van der Waals surface area contributed by atoms with Crippen molar-refractivity contribution in [3.05, 3.63) is 34.9 Å². The Morgan fingerprint density at radius 3 is 2.07 bits per heavy atom. The Morgan fingerprint density at radius 2 is 1.52 bits per heavy atom. The van der Waals surface area contributed by atoms with E-state index in [-0.39, 0.29) is 5.92 Å². The second kappa shape index (κ2) is 11.4. The lowest BCUT2D eigenvalue weighted by atomic mass is 9.73. The third-order valence-electron chi connectivity index (χ3n) is 5.42. The second-order valence-electron chi connectivity index (χ2n) is 8.04. The van der Waals surface area contributed by atoms with E-state index in [1.165, 1.54) is 23.8 Å². The van der Waals surface area contributed by atoms with Crippen molar-refractivity contribution in [1.82, 2.24) is 0 Å². The van der Waals surface area contributed by atoms with Gasteiger partial charge in [-0.25, -0.2) is 0 Å². The number of aliphatic hydroxyl groups excluding tert-OH is 1. The zero-order valence-electron chi connectivity index (χ0n) is 17.7. The monoisotopic (exact) mass is 376 g/mol. The minimum absolute atomic E-state index is 0.290. The van der Waals surface area contributed by atoms with Crippen molar-refractivity contribution in [1.29, 1.82) is 0 Å². The SMILES string of the molecule is COC1C(=O)C(=O)C(CC=C(C)CCC=C(C)CCC=C(C)C)C(C)C1O. The van der Waals surface area contributed by atoms with Crippen LogP contribution in [0.1, 0.15) is 66.7 Å². The molecule has 1 rings (SSSR count). The summed E-state index contributed by atoms with van der Waals surface area (Å²) in [6.45, 7) is 10.3. The number of methoxy groups -OCH3 is 1. The van der Waals surface area contributed by atoms with Crippen LogP contribution in [0.3, 0.4) is 0 Å². The molecule has 0 aromatic rings. The molecule has 1 aliphatic carbocycles. The number of carbonyl (C=O) groups is 2. The molecule has 0 radical (unpaired) electrons. The predicted octanol–water partition coefficient (Wildman–Crippen LogP) is 4.58. The average Bonchev–Trinajstić information content (AvgIpc) is 2.60. The summed E-state index contributed by atoms with van der Waals surface area (Å²) >= 11 is 0. The molecule has 4 heteroatoms. The van der Waals surface area contributed by atoms with Crippen LogP contribution in [0.15, 0.2) is 34.9 Å². The zero-order valence-corrected chi connectivity index (χ0v) is 17.7. The van der Waals surface area contributed by atoms with Crippen molar-refractivity contribution in [3.63, 3.8) is 0 Å². The summed E-state index contributed by atoms with van der Waals surface area (Å²) in [5, 5.41) is 10.2. The second-order valence-corrected chi connectivity index (χ2v) is 8.04. The number of hydrogen-bond donors (Lipinski definition) is 1. The third kappa shape index (κ3) is 7.19. The van der Waals surface area contributed by atoms with E-state index < -0.39 is 29.7 Å². The van der Waals surface area contributed by atoms with Crippen LogP contribution in [0.4, 0.5) is 0 Å². The molecule has 0 spiro atoms. The maximum Gasteiger partial charge on any atom is 0.229 e. The average molecular weight is 377 g/mol. The molecule has 1 aliphatic rings. The summed E-state index contributed by atoms with van der Waals surface area (Å²) in [6, 6.07) is 0. The van der Waals surface area contributed by atoms with Crippen LogP contribution in [0.5, 0.6) is 0 Å². The van der Waals surface area contributed by atoms with Crippen molar-refractivity contribution < 1.29 is 19.4 Å². The molecule has 1 N–H and O–H groups in total. The number of carbonyl (C=O) groups excluding carboxylic acids is 2. The summed E-state index contributed by atoms with van der Waals surface area (Å²) in [5.41, 5.74) is 3.96. The molecular formula is C23H36O4. The van der Waals surface area contributed by atoms with Gasteiger partial charge in [0.15, 0.2) is 0 Å². The maximum absolute atomic E-state index is 12.3. The lowest BCUT2D eigenvalue weighted by Gasteiger charge is -2.35. The first kappa shape index (κ1) is 23.5. The first-order chi connectivity index (χ1) is 12.7. The molecule has 0 aromatic carbocycles. The predicted molar refractivity (Wildman–Crippen MR) is 110 cm³/mol. The number of hydrogen-bond acceptors (Lipinski definition) is 4. The summed E-state index contributed by atoms with van der Waals surface area (Å²) in [4.78, 5) is 24.4. The lowest BCUT2D eigenvalue weighted by Crippen LogP contribution is -2.53. The summed E-state index contributed by atoms with van der Waals surface area (Å²) in [5.74, 6) is -1.77. The Labute approximate surface area is 164 Å². The van der Waals surface area contributed by atoms with Crippen LogP contribution < -0.4 is 0 Å². The third-order valence-corrected chi connectivity index (χ3v) is 5.42. The van der Waals surface area contributed by atoms with Crippen molar-refractivity contribution in [2.24, 2.45) is 11.8 Å². The molecule has 0 aromatic heterocycles. The van der Waals surface area contributed by atoms with Crippen molar-refractivity contribution in [3.8, 4) is 0 Å². The van der Waals surface area contributed by atoms with Gasteiger partial charge < -0.3 is 9.84 Å². The van der Waals surface area contributed by atoms with Crippen LogP contribution in [0.25, 0.3) is 0 Å².